The van der Waals surface area contributed by atoms with Crippen LogP contribution in [0.15, 0.2) is 22.7 Å². The van der Waals surface area contributed by atoms with Gasteiger partial charge >= 0.3 is 0 Å². The van der Waals surface area contributed by atoms with Crippen LogP contribution >= 0.6 is 12.4 Å². The van der Waals surface area contributed by atoms with Crippen LogP contribution < -0.4 is 5.32 Å². The number of aromatic nitrogens is 2. The van der Waals surface area contributed by atoms with Crippen molar-refractivity contribution in [2.24, 2.45) is 0 Å². The van der Waals surface area contributed by atoms with Crippen LogP contribution in [0.5, 0.6) is 0 Å². The SMILES string of the molecule is Cl.Fc1ccc(-c2noc([C@H]3CCNC3)n2)cc1F. The molecule has 0 saturated carbocycles. The molecular weight excluding hydrogens is 276 g/mol. The predicted octanol–water partition coefficient (Wildman–Crippen LogP) is 2.51. The van der Waals surface area contributed by atoms with E-state index in [1.807, 2.05) is 0 Å². The second-order valence-corrected chi connectivity index (χ2v) is 4.27. The molecule has 0 spiro atoms. The maximum atomic E-state index is 13.1. The first-order valence-corrected chi connectivity index (χ1v) is 5.74. The molecule has 1 atom stereocenters. The molecule has 19 heavy (non-hydrogen) atoms. The van der Waals surface area contributed by atoms with Crippen molar-refractivity contribution in [1.29, 1.82) is 0 Å². The normalized spacial score (nSPS) is 18.3. The van der Waals surface area contributed by atoms with Gasteiger partial charge in [-0.2, -0.15) is 4.98 Å². The van der Waals surface area contributed by atoms with Gasteiger partial charge in [-0.1, -0.05) is 5.16 Å². The van der Waals surface area contributed by atoms with Gasteiger partial charge in [0.15, 0.2) is 11.6 Å². The summed E-state index contributed by atoms with van der Waals surface area (Å²) in [4.78, 5) is 4.23. The molecular formula is C12H12ClF2N3O. The quantitative estimate of drug-likeness (QED) is 0.922. The smallest absolute Gasteiger partial charge is 0.231 e. The summed E-state index contributed by atoms with van der Waals surface area (Å²) < 4.78 is 31.1. The first kappa shape index (κ1) is 13.9. The third-order valence-corrected chi connectivity index (χ3v) is 3.03. The molecule has 0 bridgehead atoms. The zero-order valence-corrected chi connectivity index (χ0v) is 10.7. The summed E-state index contributed by atoms with van der Waals surface area (Å²) in [5.41, 5.74) is 0.412. The summed E-state index contributed by atoms with van der Waals surface area (Å²) in [6, 6.07) is 3.55. The van der Waals surface area contributed by atoms with E-state index in [9.17, 15) is 8.78 Å². The highest BCUT2D eigenvalue weighted by Crippen LogP contribution is 2.24. The average Bonchev–Trinajstić information content (AvgIpc) is 3.01. The Labute approximate surface area is 114 Å². The molecule has 1 saturated heterocycles. The number of halogens is 3. The fourth-order valence-electron chi connectivity index (χ4n) is 2.02. The largest absolute Gasteiger partial charge is 0.339 e. The highest BCUT2D eigenvalue weighted by Gasteiger charge is 2.23. The van der Waals surface area contributed by atoms with E-state index in [2.05, 4.69) is 15.5 Å². The number of hydrogen-bond acceptors (Lipinski definition) is 4. The zero-order chi connectivity index (χ0) is 12.5. The van der Waals surface area contributed by atoms with Crippen molar-refractivity contribution in [3.05, 3.63) is 35.7 Å². The Kier molecular flexibility index (Phi) is 4.11. The van der Waals surface area contributed by atoms with Crippen molar-refractivity contribution in [3.63, 3.8) is 0 Å². The van der Waals surface area contributed by atoms with E-state index in [1.165, 1.54) is 6.07 Å². The third-order valence-electron chi connectivity index (χ3n) is 3.03. The van der Waals surface area contributed by atoms with Crippen LogP contribution in [0.4, 0.5) is 8.78 Å². The van der Waals surface area contributed by atoms with Gasteiger partial charge < -0.3 is 9.84 Å². The zero-order valence-electron chi connectivity index (χ0n) is 9.90. The van der Waals surface area contributed by atoms with Gasteiger partial charge in [0.05, 0.1) is 5.92 Å². The number of nitrogens with one attached hydrogen (secondary N) is 1. The van der Waals surface area contributed by atoms with Crippen LogP contribution in [0.1, 0.15) is 18.2 Å². The maximum absolute atomic E-state index is 13.1. The summed E-state index contributed by atoms with van der Waals surface area (Å²) in [5, 5.41) is 7.00. The van der Waals surface area contributed by atoms with Crippen LogP contribution in [0, 0.1) is 11.6 Å². The summed E-state index contributed by atoms with van der Waals surface area (Å²) in [7, 11) is 0. The van der Waals surface area contributed by atoms with Gasteiger partial charge in [-0.15, -0.1) is 12.4 Å². The molecule has 1 fully saturated rings. The minimum atomic E-state index is -0.915. The molecule has 4 nitrogen and oxygen atoms in total. The fourth-order valence-corrected chi connectivity index (χ4v) is 2.02. The van der Waals surface area contributed by atoms with Crippen LogP contribution in [0.25, 0.3) is 11.4 Å². The Morgan fingerprint density at radius 1 is 1.26 bits per heavy atom. The molecule has 1 aliphatic rings. The number of rotatable bonds is 2. The van der Waals surface area contributed by atoms with Gasteiger partial charge in [-0.05, 0) is 31.2 Å². The molecule has 1 N–H and O–H groups in total. The second-order valence-electron chi connectivity index (χ2n) is 4.27. The highest BCUT2D eigenvalue weighted by molar-refractivity contribution is 5.85. The molecule has 0 aliphatic carbocycles. The summed E-state index contributed by atoms with van der Waals surface area (Å²) in [6.07, 6.45) is 0.944. The first-order chi connectivity index (χ1) is 8.74. The average molecular weight is 288 g/mol. The highest BCUT2D eigenvalue weighted by atomic mass is 35.5. The van der Waals surface area contributed by atoms with E-state index in [0.29, 0.717) is 11.5 Å². The molecule has 1 aromatic heterocycles. The van der Waals surface area contributed by atoms with Crippen LogP contribution in [0.3, 0.4) is 0 Å². The predicted molar refractivity (Wildman–Crippen MR) is 67.1 cm³/mol. The van der Waals surface area contributed by atoms with Crippen molar-refractivity contribution in [2.75, 3.05) is 13.1 Å². The lowest BCUT2D eigenvalue weighted by Crippen LogP contribution is -2.08. The van der Waals surface area contributed by atoms with Gasteiger partial charge in [0.2, 0.25) is 11.7 Å². The third kappa shape index (κ3) is 2.74. The van der Waals surface area contributed by atoms with Crippen LogP contribution in [-0.2, 0) is 0 Å². The minimum absolute atomic E-state index is 0. The lowest BCUT2D eigenvalue weighted by molar-refractivity contribution is 0.359. The number of nitrogens with zero attached hydrogens (tertiary/aromatic N) is 2. The fraction of sp³-hybridized carbons (Fsp3) is 0.333. The Morgan fingerprint density at radius 3 is 2.79 bits per heavy atom. The van der Waals surface area contributed by atoms with Gasteiger partial charge in [0.25, 0.3) is 0 Å². The van der Waals surface area contributed by atoms with Crippen molar-refractivity contribution < 1.29 is 13.3 Å². The van der Waals surface area contributed by atoms with Crippen LogP contribution in [0.2, 0.25) is 0 Å². The van der Waals surface area contributed by atoms with E-state index < -0.39 is 11.6 Å². The van der Waals surface area contributed by atoms with E-state index >= 15 is 0 Å². The molecule has 0 unspecified atom stereocenters. The Hall–Kier alpha value is -1.53. The Morgan fingerprint density at radius 2 is 2.11 bits per heavy atom. The molecule has 0 radical (unpaired) electrons. The Balaban J connectivity index is 0.00000133. The van der Waals surface area contributed by atoms with Gasteiger partial charge in [-0.3, -0.25) is 0 Å². The summed E-state index contributed by atoms with van der Waals surface area (Å²) in [5.74, 6) is -0.768. The van der Waals surface area contributed by atoms with E-state index in [-0.39, 0.29) is 24.1 Å². The topological polar surface area (TPSA) is 51.0 Å². The molecule has 2 aromatic rings. The summed E-state index contributed by atoms with van der Waals surface area (Å²) >= 11 is 0. The molecule has 7 heteroatoms. The maximum Gasteiger partial charge on any atom is 0.231 e. The van der Waals surface area contributed by atoms with Crippen molar-refractivity contribution >= 4 is 12.4 Å². The van der Waals surface area contributed by atoms with Crippen molar-refractivity contribution in [3.8, 4) is 11.4 Å². The van der Waals surface area contributed by atoms with E-state index in [1.54, 1.807) is 0 Å². The van der Waals surface area contributed by atoms with E-state index in [0.717, 1.165) is 31.6 Å². The van der Waals surface area contributed by atoms with Gasteiger partial charge in [0.1, 0.15) is 0 Å². The minimum Gasteiger partial charge on any atom is -0.339 e. The standard InChI is InChI=1S/C12H11F2N3O.ClH/c13-9-2-1-7(5-10(9)14)11-16-12(18-17-11)8-3-4-15-6-8;/h1-2,5,8,15H,3-4,6H2;1H/t8-;/m0./s1. The number of hydrogen-bond donors (Lipinski definition) is 1. The lowest BCUT2D eigenvalue weighted by Gasteiger charge is -1.98. The Bertz CT molecular complexity index is 570. The van der Waals surface area contributed by atoms with Crippen molar-refractivity contribution in [1.82, 2.24) is 15.5 Å². The van der Waals surface area contributed by atoms with Gasteiger partial charge in [-0.25, -0.2) is 8.78 Å². The van der Waals surface area contributed by atoms with Crippen LogP contribution in [-0.4, -0.2) is 23.2 Å². The second kappa shape index (κ2) is 5.63. The molecule has 102 valence electrons. The van der Waals surface area contributed by atoms with E-state index in [4.69, 9.17) is 4.52 Å². The molecule has 0 amide bonds. The molecule has 1 aromatic carbocycles. The van der Waals surface area contributed by atoms with Gasteiger partial charge in [0, 0.05) is 12.1 Å². The van der Waals surface area contributed by atoms with Crippen molar-refractivity contribution in [2.45, 2.75) is 12.3 Å². The monoisotopic (exact) mass is 287 g/mol. The summed E-state index contributed by atoms with van der Waals surface area (Å²) in [6.45, 7) is 1.73. The first-order valence-electron chi connectivity index (χ1n) is 5.74. The lowest BCUT2D eigenvalue weighted by atomic mass is 10.1. The molecule has 2 heterocycles. The molecule has 3 rings (SSSR count). The molecule has 1 aliphatic heterocycles. The number of benzene rings is 1.